The minimum atomic E-state index is -0.350. The molecule has 1 unspecified atom stereocenters. The quantitative estimate of drug-likeness (QED) is 0.158. The van der Waals surface area contributed by atoms with Crippen LogP contribution in [0, 0.1) is 6.92 Å². The number of quaternary nitrogens is 1. The van der Waals surface area contributed by atoms with Crippen molar-refractivity contribution in [2.24, 2.45) is 0 Å². The highest BCUT2D eigenvalue weighted by Gasteiger charge is 2.30. The Labute approximate surface area is 293 Å². The summed E-state index contributed by atoms with van der Waals surface area (Å²) >= 11 is 0. The Kier molecular flexibility index (Phi) is 12.6. The number of alkyl carbamates (subject to hydrolysis) is 1. The monoisotopic (exact) mass is 750 g/mol. The molecule has 12 heteroatoms. The van der Waals surface area contributed by atoms with E-state index in [-0.39, 0.29) is 42.0 Å². The number of rotatable bonds is 11. The molecule has 3 N–H and O–H groups in total. The number of aryl methyl sites for hydroxylation is 1. The number of hydrogen-bond acceptors (Lipinski definition) is 8. The standard InChI is InChI=1S/C35H42N8O3.HI/c1-5-26(3)38-35(45)46-24-43(4)19-17-42(18-20-43)23-27-9-11-28(12-10-27)33(44)39-30-13-8-25(2)32(21-30)41-34-37-16-14-31(40-34)29-7-6-15-36-22-29;/h6-16,21-22,26H,5,17-20,23-24H2,1-4H3,(H2-,37,38,39,40,41,44,45);1H. The van der Waals surface area contributed by atoms with Crippen molar-refractivity contribution in [2.45, 2.75) is 39.8 Å². The van der Waals surface area contributed by atoms with Crippen LogP contribution in [-0.4, -0.2) is 82.3 Å². The number of nitrogens with zero attached hydrogens (tertiary/aromatic N) is 5. The molecule has 0 saturated carbocycles. The van der Waals surface area contributed by atoms with Gasteiger partial charge in [0.2, 0.25) is 12.7 Å². The summed E-state index contributed by atoms with van der Waals surface area (Å²) in [7, 11) is 2.13. The van der Waals surface area contributed by atoms with Gasteiger partial charge in [-0.15, -0.1) is 0 Å². The van der Waals surface area contributed by atoms with E-state index in [9.17, 15) is 9.59 Å². The first-order chi connectivity index (χ1) is 22.2. The molecule has 0 spiro atoms. The van der Waals surface area contributed by atoms with E-state index in [0.717, 1.165) is 67.2 Å². The van der Waals surface area contributed by atoms with Crippen molar-refractivity contribution in [1.29, 1.82) is 0 Å². The number of hydrogen-bond donors (Lipinski definition) is 3. The second-order valence-electron chi connectivity index (χ2n) is 12.2. The third-order valence-corrected chi connectivity index (χ3v) is 8.37. The average Bonchev–Trinajstić information content (AvgIpc) is 3.07. The van der Waals surface area contributed by atoms with E-state index in [1.807, 2.05) is 81.4 Å². The first-order valence-corrected chi connectivity index (χ1v) is 15.7. The van der Waals surface area contributed by atoms with E-state index in [1.54, 1.807) is 18.6 Å². The summed E-state index contributed by atoms with van der Waals surface area (Å²) in [4.78, 5) is 40.7. The third kappa shape index (κ3) is 10.2. The van der Waals surface area contributed by atoms with Crippen LogP contribution in [0.15, 0.2) is 79.3 Å². The largest absolute Gasteiger partial charge is 1.00 e. The van der Waals surface area contributed by atoms with Crippen molar-refractivity contribution in [2.75, 3.05) is 50.6 Å². The number of piperazine rings is 1. The van der Waals surface area contributed by atoms with Crippen molar-refractivity contribution in [1.82, 2.24) is 25.2 Å². The number of aromatic nitrogens is 3. The Morgan fingerprint density at radius 3 is 2.51 bits per heavy atom. The molecule has 2 amide bonds. The number of anilines is 3. The Morgan fingerprint density at radius 2 is 1.81 bits per heavy atom. The molecule has 4 aromatic rings. The Balaban J connectivity index is 0.00000500. The van der Waals surface area contributed by atoms with Crippen LogP contribution in [0.2, 0.25) is 0 Å². The second kappa shape index (κ2) is 16.6. The van der Waals surface area contributed by atoms with Gasteiger partial charge in [-0.1, -0.05) is 25.1 Å². The van der Waals surface area contributed by atoms with Crippen molar-refractivity contribution in [3.05, 3.63) is 95.9 Å². The highest BCUT2D eigenvalue weighted by Crippen LogP contribution is 2.25. The van der Waals surface area contributed by atoms with Gasteiger partial charge in [0.05, 0.1) is 25.8 Å². The lowest BCUT2D eigenvalue weighted by molar-refractivity contribution is -0.929. The SMILES string of the molecule is CCC(C)NC(=O)OC[N+]1(C)CCN(Cc2ccc(C(=O)Nc3ccc(C)c(Nc4nccc(-c5cccnc5)n4)c3)cc2)CC1.[I-]. The van der Waals surface area contributed by atoms with Crippen molar-refractivity contribution in [3.8, 4) is 11.3 Å². The van der Waals surface area contributed by atoms with Crippen LogP contribution in [0.4, 0.5) is 22.1 Å². The maximum Gasteiger partial charge on any atom is 0.411 e. The fraction of sp³-hybridized carbons (Fsp3) is 0.343. The zero-order valence-electron chi connectivity index (χ0n) is 27.4. The van der Waals surface area contributed by atoms with Gasteiger partial charge in [-0.05, 0) is 73.9 Å². The Morgan fingerprint density at radius 1 is 1.04 bits per heavy atom. The van der Waals surface area contributed by atoms with E-state index in [0.29, 0.717) is 28.4 Å². The fourth-order valence-corrected chi connectivity index (χ4v) is 5.11. The van der Waals surface area contributed by atoms with Crippen molar-refractivity contribution < 1.29 is 42.8 Å². The van der Waals surface area contributed by atoms with Gasteiger partial charge in [0.1, 0.15) is 0 Å². The maximum atomic E-state index is 13.1. The third-order valence-electron chi connectivity index (χ3n) is 8.37. The second-order valence-corrected chi connectivity index (χ2v) is 12.2. The van der Waals surface area contributed by atoms with Crippen LogP contribution < -0.4 is 39.9 Å². The van der Waals surface area contributed by atoms with E-state index < -0.39 is 0 Å². The molecular weight excluding hydrogens is 707 g/mol. The smallest absolute Gasteiger partial charge is 0.411 e. The molecule has 1 fully saturated rings. The summed E-state index contributed by atoms with van der Waals surface area (Å²) in [5, 5.41) is 9.15. The van der Waals surface area contributed by atoms with E-state index >= 15 is 0 Å². The molecule has 0 bridgehead atoms. The van der Waals surface area contributed by atoms with Gasteiger partial charge >= 0.3 is 6.09 Å². The van der Waals surface area contributed by atoms with Crippen LogP contribution >= 0.6 is 0 Å². The van der Waals surface area contributed by atoms with Crippen LogP contribution in [0.25, 0.3) is 11.3 Å². The summed E-state index contributed by atoms with van der Waals surface area (Å²) in [6, 6.07) is 19.2. The molecule has 1 saturated heterocycles. The van der Waals surface area contributed by atoms with Crippen molar-refractivity contribution in [3.63, 3.8) is 0 Å². The highest BCUT2D eigenvalue weighted by atomic mass is 127. The van der Waals surface area contributed by atoms with E-state index in [1.165, 1.54) is 0 Å². The Bertz CT molecular complexity index is 1630. The summed E-state index contributed by atoms with van der Waals surface area (Å²) < 4.78 is 6.20. The number of ether oxygens (including phenoxy) is 1. The molecule has 2 aromatic heterocycles. The van der Waals surface area contributed by atoms with E-state index in [4.69, 9.17) is 4.74 Å². The number of carbonyl (C=O) groups is 2. The molecule has 0 radical (unpaired) electrons. The molecule has 248 valence electrons. The predicted molar refractivity (Wildman–Crippen MR) is 180 cm³/mol. The normalized spacial score (nSPS) is 14.7. The number of amides is 2. The molecule has 5 rings (SSSR count). The number of nitrogens with one attached hydrogen (secondary N) is 3. The van der Waals surface area contributed by atoms with Crippen LogP contribution in [-0.2, 0) is 11.3 Å². The minimum Gasteiger partial charge on any atom is -1.00 e. The predicted octanol–water partition coefficient (Wildman–Crippen LogP) is 2.59. The number of halogens is 1. The van der Waals surface area contributed by atoms with Gasteiger partial charge in [0, 0.05) is 66.8 Å². The van der Waals surface area contributed by atoms with E-state index in [2.05, 4.69) is 42.8 Å². The molecule has 3 heterocycles. The number of carbonyl (C=O) groups excluding carboxylic acids is 2. The molecule has 1 atom stereocenters. The van der Waals surface area contributed by atoms with Gasteiger partial charge in [-0.3, -0.25) is 19.2 Å². The summed E-state index contributed by atoms with van der Waals surface area (Å²) in [6.45, 7) is 10.7. The lowest BCUT2D eigenvalue weighted by Gasteiger charge is -2.41. The van der Waals surface area contributed by atoms with Crippen LogP contribution in [0.1, 0.15) is 41.8 Å². The maximum absolute atomic E-state index is 13.1. The number of benzene rings is 2. The minimum absolute atomic E-state index is 0. The van der Waals surface area contributed by atoms with Crippen LogP contribution in [0.3, 0.4) is 0 Å². The van der Waals surface area contributed by atoms with Gasteiger partial charge < -0.3 is 44.7 Å². The summed E-state index contributed by atoms with van der Waals surface area (Å²) in [5.41, 5.74) is 5.86. The summed E-state index contributed by atoms with van der Waals surface area (Å²) in [5.74, 6) is 0.276. The lowest BCUT2D eigenvalue weighted by atomic mass is 10.1. The zero-order chi connectivity index (χ0) is 32.5. The molecule has 1 aliphatic rings. The van der Waals surface area contributed by atoms with Gasteiger partial charge in [0.25, 0.3) is 5.91 Å². The lowest BCUT2D eigenvalue weighted by Crippen LogP contribution is -3.00. The molecule has 2 aromatic carbocycles. The first kappa shape index (κ1) is 35.7. The molecule has 0 aliphatic carbocycles. The fourth-order valence-electron chi connectivity index (χ4n) is 5.11. The first-order valence-electron chi connectivity index (χ1n) is 15.7. The van der Waals surface area contributed by atoms with Gasteiger partial charge in [-0.2, -0.15) is 0 Å². The summed E-state index contributed by atoms with van der Waals surface area (Å²) in [6.07, 6.45) is 5.71. The highest BCUT2D eigenvalue weighted by molar-refractivity contribution is 6.04. The molecule has 47 heavy (non-hydrogen) atoms. The van der Waals surface area contributed by atoms with Gasteiger partial charge in [0.15, 0.2) is 0 Å². The number of pyridine rings is 1. The number of likely N-dealkylation sites (N-methyl/N-ethyl adjacent to an activating group) is 1. The molecular formula is C35H43IN8O3. The van der Waals surface area contributed by atoms with Crippen molar-refractivity contribution >= 4 is 29.3 Å². The Hall–Kier alpha value is -4.14. The zero-order valence-corrected chi connectivity index (χ0v) is 29.5. The average molecular weight is 751 g/mol. The van der Waals surface area contributed by atoms with Gasteiger partial charge in [-0.25, -0.2) is 14.8 Å². The molecule has 1 aliphatic heterocycles. The molecule has 11 nitrogen and oxygen atoms in total. The van der Waals surface area contributed by atoms with Crippen LogP contribution in [0.5, 0.6) is 0 Å². The topological polar surface area (TPSA) is 121 Å².